The number of nitrogens with one attached hydrogen (secondary N) is 2. The van der Waals surface area contributed by atoms with Crippen LogP contribution in [-0.4, -0.2) is 41.5 Å². The number of piperazine rings is 1. The minimum atomic E-state index is -0.254. The van der Waals surface area contributed by atoms with Gasteiger partial charge in [-0.05, 0) is 25.1 Å². The lowest BCUT2D eigenvalue weighted by Gasteiger charge is -2.34. The number of hydrogen-bond donors (Lipinski definition) is 2. The van der Waals surface area contributed by atoms with Crippen LogP contribution in [0.15, 0.2) is 33.5 Å². The predicted molar refractivity (Wildman–Crippen MR) is 92.9 cm³/mol. The average Bonchev–Trinajstić information content (AvgIpc) is 2.47. The zero-order valence-electron chi connectivity index (χ0n) is 12.1. The van der Waals surface area contributed by atoms with Crippen LogP contribution < -0.4 is 10.9 Å². The van der Waals surface area contributed by atoms with Crippen molar-refractivity contribution in [3.05, 3.63) is 44.7 Å². The molecule has 1 amide bonds. The van der Waals surface area contributed by atoms with E-state index in [-0.39, 0.29) is 29.9 Å². The number of hydrogen-bond acceptors (Lipinski definition) is 3. The van der Waals surface area contributed by atoms with E-state index in [4.69, 9.17) is 0 Å². The van der Waals surface area contributed by atoms with Crippen molar-refractivity contribution in [3.8, 4) is 0 Å². The molecule has 1 saturated heterocycles. The van der Waals surface area contributed by atoms with Crippen LogP contribution in [0.5, 0.6) is 0 Å². The van der Waals surface area contributed by atoms with Gasteiger partial charge in [-0.1, -0.05) is 15.9 Å². The molecule has 1 aromatic carbocycles. The second-order valence-corrected chi connectivity index (χ2v) is 6.20. The van der Waals surface area contributed by atoms with E-state index >= 15 is 0 Å². The molecule has 2 N–H and O–H groups in total. The van der Waals surface area contributed by atoms with Crippen molar-refractivity contribution in [2.24, 2.45) is 0 Å². The number of carbonyl (C=O) groups excluding carboxylic acids is 1. The van der Waals surface area contributed by atoms with Crippen molar-refractivity contribution < 1.29 is 4.79 Å². The number of pyridine rings is 1. The topological polar surface area (TPSA) is 65.2 Å². The average molecular weight is 387 g/mol. The molecule has 1 unspecified atom stereocenters. The van der Waals surface area contributed by atoms with Gasteiger partial charge < -0.3 is 15.2 Å². The largest absolute Gasteiger partial charge is 0.333 e. The van der Waals surface area contributed by atoms with E-state index in [0.29, 0.717) is 17.6 Å². The first-order valence-electron chi connectivity index (χ1n) is 6.90. The Morgan fingerprint density at radius 1 is 1.36 bits per heavy atom. The lowest BCUT2D eigenvalue weighted by molar-refractivity contribution is 0.0657. The number of amides is 1. The normalized spacial score (nSPS) is 18.1. The zero-order valence-corrected chi connectivity index (χ0v) is 14.5. The van der Waals surface area contributed by atoms with Gasteiger partial charge in [-0.3, -0.25) is 9.59 Å². The Balaban J connectivity index is 0.00000176. The predicted octanol–water partition coefficient (Wildman–Crippen LogP) is 2.15. The molecule has 3 rings (SSSR count). The number of benzene rings is 1. The molecule has 1 atom stereocenters. The summed E-state index contributed by atoms with van der Waals surface area (Å²) in [4.78, 5) is 29.2. The van der Waals surface area contributed by atoms with Crippen LogP contribution in [0.4, 0.5) is 0 Å². The number of aromatic nitrogens is 1. The molecular formula is C15H17BrClN3O2. The molecule has 0 bridgehead atoms. The molecule has 0 saturated carbocycles. The van der Waals surface area contributed by atoms with Crippen LogP contribution in [0.2, 0.25) is 0 Å². The van der Waals surface area contributed by atoms with Gasteiger partial charge in [0.25, 0.3) is 5.91 Å². The first-order chi connectivity index (χ1) is 10.1. The third-order valence-corrected chi connectivity index (χ3v) is 4.29. The molecule has 118 valence electrons. The van der Waals surface area contributed by atoms with Gasteiger partial charge >= 0.3 is 0 Å². The van der Waals surface area contributed by atoms with Gasteiger partial charge in [0.15, 0.2) is 0 Å². The standard InChI is InChI=1S/C15H16BrN3O2.ClH/c1-9-8-17-4-5-19(9)15(21)12-7-14(20)18-13-3-2-10(16)6-11(12)13;/h2-3,6-7,9,17H,4-5,8H2,1H3,(H,18,20);1H. The van der Waals surface area contributed by atoms with E-state index < -0.39 is 0 Å². The van der Waals surface area contributed by atoms with Crippen LogP contribution in [0, 0.1) is 0 Å². The zero-order chi connectivity index (χ0) is 15.0. The van der Waals surface area contributed by atoms with Gasteiger partial charge in [-0.2, -0.15) is 0 Å². The highest BCUT2D eigenvalue weighted by Crippen LogP contribution is 2.22. The molecule has 0 aliphatic carbocycles. The van der Waals surface area contributed by atoms with Crippen molar-refractivity contribution in [3.63, 3.8) is 0 Å². The number of aromatic amines is 1. The monoisotopic (exact) mass is 385 g/mol. The Morgan fingerprint density at radius 3 is 2.86 bits per heavy atom. The van der Waals surface area contributed by atoms with E-state index in [0.717, 1.165) is 22.9 Å². The van der Waals surface area contributed by atoms with E-state index in [9.17, 15) is 9.59 Å². The van der Waals surface area contributed by atoms with Gasteiger partial charge in [-0.15, -0.1) is 12.4 Å². The van der Waals surface area contributed by atoms with E-state index in [1.165, 1.54) is 6.07 Å². The van der Waals surface area contributed by atoms with Crippen LogP contribution in [-0.2, 0) is 0 Å². The maximum Gasteiger partial charge on any atom is 0.255 e. The number of rotatable bonds is 1. The summed E-state index contributed by atoms with van der Waals surface area (Å²) in [5.41, 5.74) is 0.886. The number of carbonyl (C=O) groups is 1. The molecule has 2 aromatic rings. The number of H-pyrrole nitrogens is 1. The SMILES string of the molecule is CC1CNCCN1C(=O)c1cc(=O)[nH]c2ccc(Br)cc12.Cl. The lowest BCUT2D eigenvalue weighted by Crippen LogP contribution is -2.52. The van der Waals surface area contributed by atoms with Crippen LogP contribution in [0.1, 0.15) is 17.3 Å². The maximum atomic E-state index is 12.8. The fraction of sp³-hybridized carbons (Fsp3) is 0.333. The van der Waals surface area contributed by atoms with Gasteiger partial charge in [-0.25, -0.2) is 0 Å². The minimum Gasteiger partial charge on any atom is -0.333 e. The summed E-state index contributed by atoms with van der Waals surface area (Å²) in [6, 6.07) is 7.03. The van der Waals surface area contributed by atoms with Gasteiger partial charge in [0, 0.05) is 47.1 Å². The molecule has 1 fully saturated rings. The first kappa shape index (κ1) is 17.0. The van der Waals surface area contributed by atoms with Crippen LogP contribution in [0.3, 0.4) is 0 Å². The Morgan fingerprint density at radius 2 is 2.14 bits per heavy atom. The lowest BCUT2D eigenvalue weighted by atomic mass is 10.1. The fourth-order valence-electron chi connectivity index (χ4n) is 2.70. The van der Waals surface area contributed by atoms with Gasteiger partial charge in [0.1, 0.15) is 0 Å². The number of nitrogens with zero attached hydrogens (tertiary/aromatic N) is 1. The quantitative estimate of drug-likeness (QED) is 0.789. The molecular weight excluding hydrogens is 370 g/mol. The van der Waals surface area contributed by atoms with Crippen molar-refractivity contribution in [1.82, 2.24) is 15.2 Å². The summed E-state index contributed by atoms with van der Waals surface area (Å²) in [7, 11) is 0. The summed E-state index contributed by atoms with van der Waals surface area (Å²) in [6.45, 7) is 4.22. The number of fused-ring (bicyclic) bond motifs is 1. The Hall–Kier alpha value is -1.37. The Kier molecular flexibility index (Phi) is 5.26. The third-order valence-electron chi connectivity index (χ3n) is 3.80. The molecule has 22 heavy (non-hydrogen) atoms. The first-order valence-corrected chi connectivity index (χ1v) is 7.70. The highest BCUT2D eigenvalue weighted by Gasteiger charge is 2.25. The summed E-state index contributed by atoms with van der Waals surface area (Å²) in [6.07, 6.45) is 0. The highest BCUT2D eigenvalue weighted by molar-refractivity contribution is 9.10. The summed E-state index contributed by atoms with van der Waals surface area (Å²) >= 11 is 3.42. The van der Waals surface area contributed by atoms with Crippen molar-refractivity contribution in [1.29, 1.82) is 0 Å². The highest BCUT2D eigenvalue weighted by atomic mass is 79.9. The smallest absolute Gasteiger partial charge is 0.255 e. The minimum absolute atomic E-state index is 0. The van der Waals surface area contributed by atoms with Gasteiger partial charge in [0.2, 0.25) is 5.56 Å². The maximum absolute atomic E-state index is 12.8. The Labute approximate surface area is 142 Å². The van der Waals surface area contributed by atoms with E-state index in [1.54, 1.807) is 6.07 Å². The van der Waals surface area contributed by atoms with Crippen molar-refractivity contribution in [2.75, 3.05) is 19.6 Å². The molecule has 1 aliphatic rings. The Bertz CT molecular complexity index is 762. The molecule has 1 aromatic heterocycles. The van der Waals surface area contributed by atoms with E-state index in [1.807, 2.05) is 24.0 Å². The van der Waals surface area contributed by atoms with Crippen LogP contribution >= 0.6 is 28.3 Å². The molecule has 1 aliphatic heterocycles. The van der Waals surface area contributed by atoms with Gasteiger partial charge in [0.05, 0.1) is 5.56 Å². The van der Waals surface area contributed by atoms with Crippen molar-refractivity contribution >= 4 is 45.1 Å². The molecule has 0 spiro atoms. The fourth-order valence-corrected chi connectivity index (χ4v) is 3.06. The summed E-state index contributed by atoms with van der Waals surface area (Å²) in [5.74, 6) is -0.0850. The molecule has 2 heterocycles. The van der Waals surface area contributed by atoms with Crippen molar-refractivity contribution in [2.45, 2.75) is 13.0 Å². The second kappa shape index (κ2) is 6.81. The molecule has 0 radical (unpaired) electrons. The summed E-state index contributed by atoms with van der Waals surface area (Å²) in [5, 5.41) is 4.02. The summed E-state index contributed by atoms with van der Waals surface area (Å²) < 4.78 is 0.879. The van der Waals surface area contributed by atoms with E-state index in [2.05, 4.69) is 26.2 Å². The third kappa shape index (κ3) is 3.19. The van der Waals surface area contributed by atoms with Crippen LogP contribution in [0.25, 0.3) is 10.9 Å². The molecule has 5 nitrogen and oxygen atoms in total. The number of halogens is 2. The second-order valence-electron chi connectivity index (χ2n) is 5.29. The molecule has 7 heteroatoms.